The highest BCUT2D eigenvalue weighted by Crippen LogP contribution is 2.39. The monoisotopic (exact) mass is 226 g/mol. The summed E-state index contributed by atoms with van der Waals surface area (Å²) in [7, 11) is 0. The van der Waals surface area contributed by atoms with E-state index in [1.165, 1.54) is 51.7 Å². The Hall–Kier alpha value is -0.0800. The summed E-state index contributed by atoms with van der Waals surface area (Å²) in [5.41, 5.74) is 6.49. The quantitative estimate of drug-likeness (QED) is 0.754. The minimum absolute atomic E-state index is 0.419. The molecular formula is C14H30N2. The van der Waals surface area contributed by atoms with Crippen LogP contribution in [0.1, 0.15) is 52.9 Å². The van der Waals surface area contributed by atoms with Gasteiger partial charge in [0.15, 0.2) is 0 Å². The van der Waals surface area contributed by atoms with Crippen LogP contribution in [0.15, 0.2) is 0 Å². The number of nitrogens with zero attached hydrogens (tertiary/aromatic N) is 1. The molecule has 96 valence electrons. The number of hydrogen-bond acceptors (Lipinski definition) is 2. The topological polar surface area (TPSA) is 29.3 Å². The summed E-state index contributed by atoms with van der Waals surface area (Å²) in [5.74, 6) is 0.873. The fourth-order valence-electron chi connectivity index (χ4n) is 3.30. The van der Waals surface area contributed by atoms with Gasteiger partial charge >= 0.3 is 0 Å². The van der Waals surface area contributed by atoms with Gasteiger partial charge in [-0.05, 0) is 50.2 Å². The standard InChI is InChI=1S/C14H30N2/c1-4-9-16(5-2)12-14(11-15)8-6-7-13(3)10-14/h13H,4-12,15H2,1-3H3. The van der Waals surface area contributed by atoms with E-state index in [0.29, 0.717) is 5.41 Å². The molecule has 2 N–H and O–H groups in total. The molecule has 0 radical (unpaired) electrons. The largest absolute Gasteiger partial charge is 0.330 e. The van der Waals surface area contributed by atoms with Crippen LogP contribution in [0.3, 0.4) is 0 Å². The fraction of sp³-hybridized carbons (Fsp3) is 1.00. The predicted octanol–water partition coefficient (Wildman–Crippen LogP) is 2.87. The SMILES string of the molecule is CCCN(CC)CC1(CN)CCCC(C)C1. The first-order chi connectivity index (χ1) is 7.65. The average Bonchev–Trinajstić information content (AvgIpc) is 2.28. The Balaban J connectivity index is 2.57. The summed E-state index contributed by atoms with van der Waals surface area (Å²) in [6.07, 6.45) is 6.71. The van der Waals surface area contributed by atoms with E-state index in [-0.39, 0.29) is 0 Å². The molecule has 0 aromatic heterocycles. The Bertz CT molecular complexity index is 193. The third kappa shape index (κ3) is 3.74. The summed E-state index contributed by atoms with van der Waals surface area (Å²) < 4.78 is 0. The molecule has 1 aliphatic rings. The van der Waals surface area contributed by atoms with Crippen LogP contribution in [-0.2, 0) is 0 Å². The lowest BCUT2D eigenvalue weighted by Crippen LogP contribution is -2.45. The van der Waals surface area contributed by atoms with Crippen LogP contribution in [0.5, 0.6) is 0 Å². The molecule has 0 heterocycles. The number of nitrogens with two attached hydrogens (primary N) is 1. The van der Waals surface area contributed by atoms with Crippen molar-refractivity contribution in [3.05, 3.63) is 0 Å². The molecule has 0 aliphatic heterocycles. The maximum Gasteiger partial charge on any atom is 0.00500 e. The first kappa shape index (κ1) is 14.0. The van der Waals surface area contributed by atoms with Gasteiger partial charge in [0.1, 0.15) is 0 Å². The molecule has 0 aromatic carbocycles. The Morgan fingerprint density at radius 3 is 2.62 bits per heavy atom. The third-order valence-corrected chi connectivity index (χ3v) is 4.16. The van der Waals surface area contributed by atoms with E-state index in [4.69, 9.17) is 5.73 Å². The van der Waals surface area contributed by atoms with Crippen LogP contribution < -0.4 is 5.73 Å². The Kier molecular flexibility index (Phi) is 5.77. The molecule has 2 atom stereocenters. The van der Waals surface area contributed by atoms with Crippen molar-refractivity contribution >= 4 is 0 Å². The first-order valence-electron chi connectivity index (χ1n) is 7.08. The van der Waals surface area contributed by atoms with Gasteiger partial charge in [-0.2, -0.15) is 0 Å². The minimum Gasteiger partial charge on any atom is -0.330 e. The zero-order valence-corrected chi connectivity index (χ0v) is 11.5. The molecule has 0 spiro atoms. The molecule has 0 aromatic rings. The van der Waals surface area contributed by atoms with Gasteiger partial charge in [0.2, 0.25) is 0 Å². The molecule has 1 fully saturated rings. The molecule has 1 aliphatic carbocycles. The molecule has 0 amide bonds. The van der Waals surface area contributed by atoms with E-state index in [2.05, 4.69) is 25.7 Å². The highest BCUT2D eigenvalue weighted by Gasteiger charge is 2.34. The van der Waals surface area contributed by atoms with Crippen LogP contribution in [0.2, 0.25) is 0 Å². The van der Waals surface area contributed by atoms with Crippen molar-refractivity contribution in [2.45, 2.75) is 52.9 Å². The van der Waals surface area contributed by atoms with Crippen LogP contribution in [0, 0.1) is 11.3 Å². The summed E-state index contributed by atoms with van der Waals surface area (Å²) in [6.45, 7) is 11.4. The van der Waals surface area contributed by atoms with E-state index >= 15 is 0 Å². The fourth-order valence-corrected chi connectivity index (χ4v) is 3.30. The summed E-state index contributed by atoms with van der Waals surface area (Å²) in [5, 5.41) is 0. The average molecular weight is 226 g/mol. The van der Waals surface area contributed by atoms with Crippen molar-refractivity contribution in [3.63, 3.8) is 0 Å². The van der Waals surface area contributed by atoms with Crippen molar-refractivity contribution in [1.82, 2.24) is 4.90 Å². The molecule has 0 bridgehead atoms. The Morgan fingerprint density at radius 2 is 2.12 bits per heavy atom. The normalized spacial score (nSPS) is 30.9. The van der Waals surface area contributed by atoms with Crippen LogP contribution in [-0.4, -0.2) is 31.1 Å². The van der Waals surface area contributed by atoms with Crippen LogP contribution >= 0.6 is 0 Å². The third-order valence-electron chi connectivity index (χ3n) is 4.16. The van der Waals surface area contributed by atoms with Gasteiger partial charge in [0.05, 0.1) is 0 Å². The molecule has 1 rings (SSSR count). The molecule has 1 saturated carbocycles. The maximum atomic E-state index is 6.07. The molecule has 2 unspecified atom stereocenters. The van der Waals surface area contributed by atoms with Gasteiger partial charge in [0, 0.05) is 6.54 Å². The van der Waals surface area contributed by atoms with E-state index in [1.807, 2.05) is 0 Å². The van der Waals surface area contributed by atoms with Gasteiger partial charge in [-0.15, -0.1) is 0 Å². The lowest BCUT2D eigenvalue weighted by Gasteiger charge is -2.42. The minimum atomic E-state index is 0.419. The zero-order valence-electron chi connectivity index (χ0n) is 11.5. The van der Waals surface area contributed by atoms with E-state index in [1.54, 1.807) is 0 Å². The molecule has 0 saturated heterocycles. The van der Waals surface area contributed by atoms with Gasteiger partial charge in [-0.25, -0.2) is 0 Å². The maximum absolute atomic E-state index is 6.07. The van der Waals surface area contributed by atoms with Gasteiger partial charge in [-0.1, -0.05) is 33.6 Å². The Morgan fingerprint density at radius 1 is 1.38 bits per heavy atom. The lowest BCUT2D eigenvalue weighted by atomic mass is 9.69. The van der Waals surface area contributed by atoms with Gasteiger partial charge in [0.25, 0.3) is 0 Å². The van der Waals surface area contributed by atoms with Gasteiger partial charge < -0.3 is 10.6 Å². The van der Waals surface area contributed by atoms with E-state index in [0.717, 1.165) is 12.5 Å². The van der Waals surface area contributed by atoms with Crippen molar-refractivity contribution in [2.24, 2.45) is 17.1 Å². The molecule has 16 heavy (non-hydrogen) atoms. The Labute approximate surface area is 102 Å². The zero-order chi connectivity index (χ0) is 12.0. The highest BCUT2D eigenvalue weighted by atomic mass is 15.1. The molecule has 2 heteroatoms. The number of rotatable bonds is 6. The smallest absolute Gasteiger partial charge is 0.00500 e. The van der Waals surface area contributed by atoms with E-state index < -0.39 is 0 Å². The van der Waals surface area contributed by atoms with Crippen molar-refractivity contribution in [3.8, 4) is 0 Å². The van der Waals surface area contributed by atoms with Crippen molar-refractivity contribution < 1.29 is 0 Å². The van der Waals surface area contributed by atoms with Gasteiger partial charge in [-0.3, -0.25) is 0 Å². The second-order valence-corrected chi connectivity index (χ2v) is 5.77. The van der Waals surface area contributed by atoms with Crippen molar-refractivity contribution in [1.29, 1.82) is 0 Å². The molecular weight excluding hydrogens is 196 g/mol. The second-order valence-electron chi connectivity index (χ2n) is 5.77. The van der Waals surface area contributed by atoms with Crippen molar-refractivity contribution in [2.75, 3.05) is 26.2 Å². The predicted molar refractivity (Wildman–Crippen MR) is 71.5 cm³/mol. The lowest BCUT2D eigenvalue weighted by molar-refractivity contribution is 0.0909. The first-order valence-corrected chi connectivity index (χ1v) is 7.08. The second kappa shape index (κ2) is 6.61. The number of hydrogen-bond donors (Lipinski definition) is 1. The molecule has 2 nitrogen and oxygen atoms in total. The highest BCUT2D eigenvalue weighted by molar-refractivity contribution is 4.88. The summed E-state index contributed by atoms with van der Waals surface area (Å²) >= 11 is 0. The summed E-state index contributed by atoms with van der Waals surface area (Å²) in [4.78, 5) is 2.59. The van der Waals surface area contributed by atoms with Crippen LogP contribution in [0.25, 0.3) is 0 Å². The van der Waals surface area contributed by atoms with E-state index in [9.17, 15) is 0 Å². The van der Waals surface area contributed by atoms with Crippen LogP contribution in [0.4, 0.5) is 0 Å². The summed E-state index contributed by atoms with van der Waals surface area (Å²) in [6, 6.07) is 0.